The van der Waals surface area contributed by atoms with E-state index in [1.807, 2.05) is 13.8 Å². The van der Waals surface area contributed by atoms with Crippen LogP contribution in [0, 0.1) is 6.92 Å². The molecule has 0 saturated heterocycles. The van der Waals surface area contributed by atoms with Crippen LogP contribution in [0.5, 0.6) is 0 Å². The lowest BCUT2D eigenvalue weighted by molar-refractivity contribution is -0.325. The maximum Gasteiger partial charge on any atom is 0.593 e. The second-order valence-electron chi connectivity index (χ2n) is 3.06. The van der Waals surface area contributed by atoms with Crippen LogP contribution in [0.15, 0.2) is 22.3 Å². The first-order valence-corrected chi connectivity index (χ1v) is 5.78. The van der Waals surface area contributed by atoms with Gasteiger partial charge < -0.3 is 0 Å². The Hall–Kier alpha value is -1.24. The molecule has 0 aliphatic rings. The average molecular weight is 264 g/mol. The third kappa shape index (κ3) is 5.08. The summed E-state index contributed by atoms with van der Waals surface area (Å²) < 4.78 is 35.0. The number of aromatic nitrogens is 1. The fourth-order valence-electron chi connectivity index (χ4n) is 1.05. The van der Waals surface area contributed by atoms with Gasteiger partial charge in [-0.05, 0) is 18.7 Å². The number of nitrogens with zero attached hydrogens (tertiary/aromatic N) is 2. The van der Waals surface area contributed by atoms with E-state index >= 15 is 0 Å². The monoisotopic (exact) mass is 264 g/mol. The van der Waals surface area contributed by atoms with Crippen molar-refractivity contribution in [3.8, 4) is 0 Å². The van der Waals surface area contributed by atoms with Gasteiger partial charge in [0.15, 0.2) is 0 Å². The molecule has 0 bridgehead atoms. The van der Waals surface area contributed by atoms with Gasteiger partial charge >= 0.3 is 6.36 Å². The first-order valence-electron chi connectivity index (χ1n) is 4.80. The highest BCUT2D eigenvalue weighted by Gasteiger charge is 2.30. The van der Waals surface area contributed by atoms with Crippen molar-refractivity contribution in [3.63, 3.8) is 0 Å². The Balaban J connectivity index is 2.75. The molecule has 0 radical (unpaired) electrons. The first kappa shape index (κ1) is 13.8. The number of thioether (sulfide) groups is 1. The summed E-state index contributed by atoms with van der Waals surface area (Å²) in [6, 6.07) is 1.72. The summed E-state index contributed by atoms with van der Waals surface area (Å²) in [5, 5.41) is 2.84. The summed E-state index contributed by atoms with van der Waals surface area (Å²) >= 11 is 1.57. The van der Waals surface area contributed by atoms with Crippen molar-refractivity contribution in [2.24, 2.45) is 5.16 Å². The molecule has 0 saturated carbocycles. The lowest BCUT2D eigenvalue weighted by Crippen LogP contribution is -2.08. The van der Waals surface area contributed by atoms with Gasteiger partial charge in [-0.25, -0.2) is 0 Å². The van der Waals surface area contributed by atoms with Gasteiger partial charge in [0.1, 0.15) is 0 Å². The SMILES string of the molecule is CCSc1cc(/C=N/OC(F)(F)F)cnc1C. The van der Waals surface area contributed by atoms with Crippen molar-refractivity contribution in [2.75, 3.05) is 5.75 Å². The van der Waals surface area contributed by atoms with Gasteiger partial charge in [-0.3, -0.25) is 9.82 Å². The Morgan fingerprint density at radius 1 is 1.53 bits per heavy atom. The molecule has 17 heavy (non-hydrogen) atoms. The minimum Gasteiger partial charge on any atom is -0.294 e. The van der Waals surface area contributed by atoms with Crippen molar-refractivity contribution in [1.29, 1.82) is 0 Å². The molecule has 1 rings (SSSR count). The van der Waals surface area contributed by atoms with E-state index < -0.39 is 6.36 Å². The first-order chi connectivity index (χ1) is 7.92. The molecule has 0 aliphatic heterocycles. The third-order valence-electron chi connectivity index (χ3n) is 1.72. The van der Waals surface area contributed by atoms with E-state index in [9.17, 15) is 13.2 Å². The van der Waals surface area contributed by atoms with E-state index in [4.69, 9.17) is 0 Å². The fraction of sp³-hybridized carbons (Fsp3) is 0.400. The molecule has 1 aromatic heterocycles. The Labute approximate surface area is 101 Å². The molecule has 0 spiro atoms. The van der Waals surface area contributed by atoms with E-state index in [1.54, 1.807) is 17.8 Å². The summed E-state index contributed by atoms with van der Waals surface area (Å²) in [6.45, 7) is 3.82. The van der Waals surface area contributed by atoms with Crippen LogP contribution in [-0.4, -0.2) is 23.3 Å². The van der Waals surface area contributed by atoms with Gasteiger partial charge in [0.05, 0.1) is 11.9 Å². The highest BCUT2D eigenvalue weighted by atomic mass is 32.2. The van der Waals surface area contributed by atoms with Crippen molar-refractivity contribution in [1.82, 2.24) is 4.98 Å². The van der Waals surface area contributed by atoms with Crippen LogP contribution in [0.4, 0.5) is 13.2 Å². The van der Waals surface area contributed by atoms with E-state index in [-0.39, 0.29) is 0 Å². The lowest BCUT2D eigenvalue weighted by atomic mass is 10.3. The molecule has 1 heterocycles. The van der Waals surface area contributed by atoms with Gasteiger partial charge in [0, 0.05) is 16.7 Å². The second-order valence-corrected chi connectivity index (χ2v) is 4.36. The van der Waals surface area contributed by atoms with E-state index in [0.717, 1.165) is 22.6 Å². The summed E-state index contributed by atoms with van der Waals surface area (Å²) in [5.41, 5.74) is 1.31. The Bertz CT molecular complexity index is 407. The lowest BCUT2D eigenvalue weighted by Gasteiger charge is -2.04. The molecule has 0 atom stereocenters. The quantitative estimate of drug-likeness (QED) is 0.475. The topological polar surface area (TPSA) is 34.5 Å². The minimum absolute atomic E-state index is 0.468. The standard InChI is InChI=1S/C10H11F3N2OS/c1-3-17-9-4-8(5-14-7(9)2)6-15-16-10(11,12)13/h4-6H,3H2,1-2H3/b15-6+. The highest BCUT2D eigenvalue weighted by Crippen LogP contribution is 2.21. The molecule has 0 fully saturated rings. The van der Waals surface area contributed by atoms with E-state index in [2.05, 4.69) is 15.0 Å². The third-order valence-corrected chi connectivity index (χ3v) is 2.73. The molecular weight excluding hydrogens is 253 g/mol. The van der Waals surface area contributed by atoms with Crippen LogP contribution < -0.4 is 0 Å². The van der Waals surface area contributed by atoms with Gasteiger partial charge in [-0.2, -0.15) is 0 Å². The van der Waals surface area contributed by atoms with Crippen LogP contribution in [0.1, 0.15) is 18.2 Å². The number of alkyl halides is 3. The van der Waals surface area contributed by atoms with Gasteiger partial charge in [-0.15, -0.1) is 24.9 Å². The highest BCUT2D eigenvalue weighted by molar-refractivity contribution is 7.99. The van der Waals surface area contributed by atoms with Crippen molar-refractivity contribution >= 4 is 18.0 Å². The zero-order chi connectivity index (χ0) is 12.9. The fourth-order valence-corrected chi connectivity index (χ4v) is 1.84. The summed E-state index contributed by atoms with van der Waals surface area (Å²) in [5.74, 6) is 0.863. The number of oxime groups is 1. The molecule has 94 valence electrons. The Kier molecular flexibility index (Phi) is 4.80. The predicted molar refractivity (Wildman–Crippen MR) is 60.1 cm³/mol. The number of hydrogen-bond acceptors (Lipinski definition) is 4. The molecule has 7 heteroatoms. The van der Waals surface area contributed by atoms with Crippen molar-refractivity contribution in [3.05, 3.63) is 23.5 Å². The minimum atomic E-state index is -4.75. The van der Waals surface area contributed by atoms with Crippen LogP contribution in [0.25, 0.3) is 0 Å². The summed E-state index contributed by atoms with van der Waals surface area (Å²) in [6.07, 6.45) is -2.33. The molecular formula is C10H11F3N2OS. The van der Waals surface area contributed by atoms with Crippen LogP contribution in [-0.2, 0) is 4.84 Å². The number of aryl methyl sites for hydroxylation is 1. The van der Waals surface area contributed by atoms with Gasteiger partial charge in [-0.1, -0.05) is 12.1 Å². The Morgan fingerprint density at radius 2 is 2.24 bits per heavy atom. The molecule has 0 unspecified atom stereocenters. The number of rotatable bonds is 4. The van der Waals surface area contributed by atoms with Crippen LogP contribution >= 0.6 is 11.8 Å². The van der Waals surface area contributed by atoms with Gasteiger partial charge in [0.2, 0.25) is 0 Å². The van der Waals surface area contributed by atoms with Gasteiger partial charge in [0.25, 0.3) is 0 Å². The zero-order valence-corrected chi connectivity index (χ0v) is 10.1. The average Bonchev–Trinajstić information content (AvgIpc) is 2.21. The number of pyridine rings is 1. The molecule has 1 aromatic rings. The maximum absolute atomic E-state index is 11.7. The molecule has 0 amide bonds. The zero-order valence-electron chi connectivity index (χ0n) is 9.28. The van der Waals surface area contributed by atoms with Crippen molar-refractivity contribution in [2.45, 2.75) is 25.1 Å². The molecule has 0 aromatic carbocycles. The van der Waals surface area contributed by atoms with E-state index in [1.165, 1.54) is 6.20 Å². The second kappa shape index (κ2) is 5.90. The van der Waals surface area contributed by atoms with Crippen molar-refractivity contribution < 1.29 is 18.0 Å². The largest absolute Gasteiger partial charge is 0.593 e. The number of hydrogen-bond donors (Lipinski definition) is 0. The maximum atomic E-state index is 11.7. The molecule has 0 N–H and O–H groups in total. The smallest absolute Gasteiger partial charge is 0.294 e. The molecule has 0 aliphatic carbocycles. The van der Waals surface area contributed by atoms with Crippen LogP contribution in [0.3, 0.4) is 0 Å². The van der Waals surface area contributed by atoms with E-state index in [0.29, 0.717) is 5.56 Å². The normalized spacial score (nSPS) is 12.1. The molecule has 3 nitrogen and oxygen atoms in total. The Morgan fingerprint density at radius 3 is 2.82 bits per heavy atom. The predicted octanol–water partition coefficient (Wildman–Crippen LogP) is 3.37. The number of halogens is 3. The van der Waals surface area contributed by atoms with Crippen LogP contribution in [0.2, 0.25) is 0 Å². The summed E-state index contributed by atoms with van der Waals surface area (Å²) in [7, 11) is 0. The summed E-state index contributed by atoms with van der Waals surface area (Å²) in [4.78, 5) is 8.28.